The molecule has 2 N–H and O–H groups in total. The first kappa shape index (κ1) is 14.1. The third-order valence-electron chi connectivity index (χ3n) is 4.13. The lowest BCUT2D eigenvalue weighted by Gasteiger charge is -2.25. The monoisotopic (exact) mass is 261 g/mol. The van der Waals surface area contributed by atoms with E-state index in [0.29, 0.717) is 0 Å². The summed E-state index contributed by atoms with van der Waals surface area (Å²) in [7, 11) is 0. The summed E-state index contributed by atoms with van der Waals surface area (Å²) in [6.45, 7) is 3.67. The van der Waals surface area contributed by atoms with Crippen LogP contribution in [-0.2, 0) is 11.3 Å². The molecule has 0 aromatic heterocycles. The molecule has 3 nitrogen and oxygen atoms in total. The minimum Gasteiger partial charge on any atom is -0.481 e. The highest BCUT2D eigenvalue weighted by Gasteiger charge is 2.16. The summed E-state index contributed by atoms with van der Waals surface area (Å²) in [5, 5.41) is 12.4. The quantitative estimate of drug-likeness (QED) is 0.741. The fraction of sp³-hybridized carbons (Fsp3) is 0.562. The van der Waals surface area contributed by atoms with Gasteiger partial charge in [-0.1, -0.05) is 43.5 Å². The van der Waals surface area contributed by atoms with Crippen LogP contribution in [0.2, 0.25) is 0 Å². The van der Waals surface area contributed by atoms with Crippen LogP contribution in [0.4, 0.5) is 0 Å². The van der Waals surface area contributed by atoms with Crippen LogP contribution in [0.25, 0.3) is 0 Å². The number of benzene rings is 1. The molecule has 2 rings (SSSR count). The van der Waals surface area contributed by atoms with Gasteiger partial charge in [-0.15, -0.1) is 0 Å². The molecular formula is C16H23NO2. The van der Waals surface area contributed by atoms with E-state index in [1.165, 1.54) is 31.2 Å². The number of nitrogens with one attached hydrogen (secondary N) is 1. The maximum atomic E-state index is 10.9. The second kappa shape index (κ2) is 6.71. The van der Waals surface area contributed by atoms with Crippen LogP contribution in [0.15, 0.2) is 24.3 Å². The van der Waals surface area contributed by atoms with E-state index in [4.69, 9.17) is 5.11 Å². The molecule has 3 heteroatoms. The lowest BCUT2D eigenvalue weighted by atomic mass is 9.83. The molecule has 19 heavy (non-hydrogen) atoms. The van der Waals surface area contributed by atoms with Gasteiger partial charge in [0.25, 0.3) is 0 Å². The zero-order valence-corrected chi connectivity index (χ0v) is 11.6. The van der Waals surface area contributed by atoms with Gasteiger partial charge in [0.05, 0.1) is 5.92 Å². The van der Waals surface area contributed by atoms with Crippen molar-refractivity contribution in [2.75, 3.05) is 6.54 Å². The fourth-order valence-corrected chi connectivity index (χ4v) is 2.39. The lowest BCUT2D eigenvalue weighted by molar-refractivity contribution is -0.138. The van der Waals surface area contributed by atoms with E-state index in [0.717, 1.165) is 24.6 Å². The average molecular weight is 261 g/mol. The molecule has 104 valence electrons. The molecule has 1 aliphatic carbocycles. The maximum absolute atomic E-state index is 10.9. The zero-order chi connectivity index (χ0) is 13.7. The van der Waals surface area contributed by atoms with Crippen molar-refractivity contribution in [2.45, 2.75) is 45.1 Å². The first-order valence-corrected chi connectivity index (χ1v) is 7.19. The summed E-state index contributed by atoms with van der Waals surface area (Å²) >= 11 is 0. The van der Waals surface area contributed by atoms with Gasteiger partial charge in [0, 0.05) is 6.54 Å². The SMILES string of the molecule is CC(C(=O)O)c1ccc(CNCCC2CCC2)cc1. The van der Waals surface area contributed by atoms with Gasteiger partial charge in [-0.05, 0) is 36.9 Å². The number of hydrogen-bond donors (Lipinski definition) is 2. The number of carboxylic acids is 1. The predicted octanol–water partition coefficient (Wildman–Crippen LogP) is 3.15. The summed E-state index contributed by atoms with van der Waals surface area (Å²) in [6.07, 6.45) is 5.51. The van der Waals surface area contributed by atoms with Crippen LogP contribution in [0.3, 0.4) is 0 Å². The summed E-state index contributed by atoms with van der Waals surface area (Å²) in [5.41, 5.74) is 2.08. The van der Waals surface area contributed by atoms with Crippen molar-refractivity contribution in [1.82, 2.24) is 5.32 Å². The molecule has 1 fully saturated rings. The molecule has 1 saturated carbocycles. The second-order valence-electron chi connectivity index (χ2n) is 5.56. The third kappa shape index (κ3) is 4.06. The normalized spacial score (nSPS) is 16.9. The first-order valence-electron chi connectivity index (χ1n) is 7.19. The summed E-state index contributed by atoms with van der Waals surface area (Å²) in [4.78, 5) is 10.9. The smallest absolute Gasteiger partial charge is 0.310 e. The number of hydrogen-bond acceptors (Lipinski definition) is 2. The topological polar surface area (TPSA) is 49.3 Å². The molecule has 1 unspecified atom stereocenters. The molecular weight excluding hydrogens is 238 g/mol. The van der Waals surface area contributed by atoms with Crippen molar-refractivity contribution < 1.29 is 9.90 Å². The lowest BCUT2D eigenvalue weighted by Crippen LogP contribution is -2.21. The van der Waals surface area contributed by atoms with Crippen LogP contribution in [0.1, 0.15) is 49.7 Å². The number of carbonyl (C=O) groups is 1. The van der Waals surface area contributed by atoms with E-state index < -0.39 is 11.9 Å². The molecule has 1 atom stereocenters. The van der Waals surface area contributed by atoms with Crippen LogP contribution in [0.5, 0.6) is 0 Å². The van der Waals surface area contributed by atoms with E-state index in [1.54, 1.807) is 6.92 Å². The molecule has 0 spiro atoms. The average Bonchev–Trinajstić information content (AvgIpc) is 2.36. The Labute approximate surface area is 115 Å². The largest absolute Gasteiger partial charge is 0.481 e. The molecule has 0 saturated heterocycles. The Hall–Kier alpha value is -1.35. The second-order valence-corrected chi connectivity index (χ2v) is 5.56. The van der Waals surface area contributed by atoms with E-state index in [9.17, 15) is 4.79 Å². The van der Waals surface area contributed by atoms with E-state index in [1.807, 2.05) is 24.3 Å². The van der Waals surface area contributed by atoms with Crippen LogP contribution in [0, 0.1) is 5.92 Å². The van der Waals surface area contributed by atoms with Gasteiger partial charge in [0.2, 0.25) is 0 Å². The van der Waals surface area contributed by atoms with Crippen LogP contribution < -0.4 is 5.32 Å². The van der Waals surface area contributed by atoms with Gasteiger partial charge in [0.15, 0.2) is 0 Å². The van der Waals surface area contributed by atoms with Gasteiger partial charge < -0.3 is 10.4 Å². The van der Waals surface area contributed by atoms with Crippen LogP contribution in [-0.4, -0.2) is 17.6 Å². The minimum absolute atomic E-state index is 0.430. The molecule has 0 amide bonds. The van der Waals surface area contributed by atoms with Crippen molar-refractivity contribution in [3.63, 3.8) is 0 Å². The Morgan fingerprint density at radius 3 is 2.58 bits per heavy atom. The summed E-state index contributed by atoms with van der Waals surface area (Å²) < 4.78 is 0. The summed E-state index contributed by atoms with van der Waals surface area (Å²) in [6, 6.07) is 7.87. The molecule has 0 aliphatic heterocycles. The molecule has 0 bridgehead atoms. The zero-order valence-electron chi connectivity index (χ0n) is 11.6. The Balaban J connectivity index is 1.73. The Morgan fingerprint density at radius 2 is 2.05 bits per heavy atom. The minimum atomic E-state index is -0.772. The van der Waals surface area contributed by atoms with Crippen molar-refractivity contribution in [2.24, 2.45) is 5.92 Å². The molecule has 1 aliphatic rings. The number of carboxylic acid groups (broad SMARTS) is 1. The van der Waals surface area contributed by atoms with Gasteiger partial charge in [-0.2, -0.15) is 0 Å². The highest BCUT2D eigenvalue weighted by molar-refractivity contribution is 5.75. The van der Waals surface area contributed by atoms with Crippen molar-refractivity contribution >= 4 is 5.97 Å². The molecule has 0 radical (unpaired) electrons. The Kier molecular flexibility index (Phi) is 4.97. The van der Waals surface area contributed by atoms with Crippen molar-refractivity contribution in [3.05, 3.63) is 35.4 Å². The van der Waals surface area contributed by atoms with E-state index in [-0.39, 0.29) is 0 Å². The van der Waals surface area contributed by atoms with E-state index >= 15 is 0 Å². The highest BCUT2D eigenvalue weighted by atomic mass is 16.4. The molecule has 1 aromatic carbocycles. The number of aliphatic carboxylic acids is 1. The van der Waals surface area contributed by atoms with Gasteiger partial charge in [-0.3, -0.25) is 4.79 Å². The standard InChI is InChI=1S/C16H23NO2/c1-12(16(18)19)15-7-5-14(6-8-15)11-17-10-9-13-3-2-4-13/h5-8,12-13,17H,2-4,9-11H2,1H3,(H,18,19). The van der Waals surface area contributed by atoms with Gasteiger partial charge in [-0.25, -0.2) is 0 Å². The predicted molar refractivity (Wildman–Crippen MR) is 76.2 cm³/mol. The summed E-state index contributed by atoms with van der Waals surface area (Å²) in [5.74, 6) is -0.252. The highest BCUT2D eigenvalue weighted by Crippen LogP contribution is 2.28. The first-order chi connectivity index (χ1) is 9.16. The van der Waals surface area contributed by atoms with Gasteiger partial charge in [0.1, 0.15) is 0 Å². The van der Waals surface area contributed by atoms with Crippen molar-refractivity contribution in [3.8, 4) is 0 Å². The van der Waals surface area contributed by atoms with Gasteiger partial charge >= 0.3 is 5.97 Å². The van der Waals surface area contributed by atoms with Crippen LogP contribution >= 0.6 is 0 Å². The third-order valence-corrected chi connectivity index (χ3v) is 4.13. The number of rotatable bonds is 7. The maximum Gasteiger partial charge on any atom is 0.310 e. The fourth-order valence-electron chi connectivity index (χ4n) is 2.39. The Morgan fingerprint density at radius 1 is 1.37 bits per heavy atom. The van der Waals surface area contributed by atoms with Crippen molar-refractivity contribution in [1.29, 1.82) is 0 Å². The molecule has 1 aromatic rings. The molecule has 0 heterocycles. The Bertz CT molecular complexity index is 409. The van der Waals surface area contributed by atoms with E-state index in [2.05, 4.69) is 5.32 Å².